The lowest BCUT2D eigenvalue weighted by atomic mass is 10.3. The monoisotopic (exact) mass is 294 g/mol. The number of carbonyl (C=O) groups is 1. The van der Waals surface area contributed by atoms with E-state index in [2.05, 4.69) is 4.98 Å². The maximum Gasteiger partial charge on any atom is 0.257 e. The van der Waals surface area contributed by atoms with Crippen LogP contribution in [-0.2, 0) is 4.79 Å². The summed E-state index contributed by atoms with van der Waals surface area (Å²) in [4.78, 5) is 18.0. The predicted molar refractivity (Wildman–Crippen MR) is 78.7 cm³/mol. The molecule has 0 saturated carbocycles. The van der Waals surface area contributed by atoms with Gasteiger partial charge in [-0.3, -0.25) is 4.79 Å². The number of fused-ring (bicyclic) bond motifs is 1. The van der Waals surface area contributed by atoms with E-state index < -0.39 is 0 Å². The molecule has 108 valence electrons. The van der Waals surface area contributed by atoms with Gasteiger partial charge in [-0.2, -0.15) is 0 Å². The molecule has 0 atom stereocenters. The highest BCUT2D eigenvalue weighted by molar-refractivity contribution is 7.99. The first kappa shape index (κ1) is 14.9. The average molecular weight is 294 g/mol. The molecule has 0 aliphatic carbocycles. The summed E-state index contributed by atoms with van der Waals surface area (Å²) in [7, 11) is 0. The van der Waals surface area contributed by atoms with E-state index in [0.29, 0.717) is 11.8 Å². The highest BCUT2D eigenvalue weighted by Gasteiger charge is 2.17. The first-order valence-corrected chi connectivity index (χ1v) is 7.49. The Morgan fingerprint density at radius 1 is 1.45 bits per heavy atom. The summed E-state index contributed by atoms with van der Waals surface area (Å²) in [6.07, 6.45) is 0. The summed E-state index contributed by atoms with van der Waals surface area (Å²) < 4.78 is 5.55. The van der Waals surface area contributed by atoms with E-state index >= 15 is 0 Å². The third-order valence-electron chi connectivity index (χ3n) is 2.88. The van der Waals surface area contributed by atoms with Crippen LogP contribution in [0.1, 0.15) is 13.8 Å². The van der Waals surface area contributed by atoms with Crippen molar-refractivity contribution in [3.8, 4) is 0 Å². The van der Waals surface area contributed by atoms with E-state index in [4.69, 9.17) is 9.52 Å². The second-order valence-electron chi connectivity index (χ2n) is 4.64. The molecule has 0 radical (unpaired) electrons. The Morgan fingerprint density at radius 2 is 2.20 bits per heavy atom. The molecular weight excluding hydrogens is 276 g/mol. The second-order valence-corrected chi connectivity index (χ2v) is 5.57. The number of para-hydroxylation sites is 2. The van der Waals surface area contributed by atoms with Crippen molar-refractivity contribution >= 4 is 28.8 Å². The topological polar surface area (TPSA) is 66.6 Å². The number of aliphatic hydroxyl groups is 1. The van der Waals surface area contributed by atoms with Gasteiger partial charge in [0, 0.05) is 12.6 Å². The van der Waals surface area contributed by atoms with Gasteiger partial charge in [0.2, 0.25) is 5.91 Å². The number of thioether (sulfide) groups is 1. The lowest BCUT2D eigenvalue weighted by Crippen LogP contribution is -2.40. The number of hydrogen-bond acceptors (Lipinski definition) is 5. The molecule has 0 unspecified atom stereocenters. The van der Waals surface area contributed by atoms with Crippen molar-refractivity contribution in [2.75, 3.05) is 18.9 Å². The first-order valence-electron chi connectivity index (χ1n) is 6.50. The van der Waals surface area contributed by atoms with Gasteiger partial charge in [-0.15, -0.1) is 0 Å². The zero-order valence-electron chi connectivity index (χ0n) is 11.6. The zero-order chi connectivity index (χ0) is 14.5. The van der Waals surface area contributed by atoms with Crippen LogP contribution in [0.25, 0.3) is 11.1 Å². The van der Waals surface area contributed by atoms with Gasteiger partial charge in [-0.25, -0.2) is 4.98 Å². The Hall–Kier alpha value is -1.53. The fourth-order valence-electron chi connectivity index (χ4n) is 1.90. The minimum Gasteiger partial charge on any atom is -0.431 e. The molecule has 2 aromatic rings. The molecule has 5 nitrogen and oxygen atoms in total. The summed E-state index contributed by atoms with van der Waals surface area (Å²) in [5.41, 5.74) is 1.51. The molecule has 1 amide bonds. The fraction of sp³-hybridized carbons (Fsp3) is 0.429. The molecule has 0 spiro atoms. The minimum absolute atomic E-state index is 0.0266. The van der Waals surface area contributed by atoms with Crippen molar-refractivity contribution in [3.05, 3.63) is 24.3 Å². The van der Waals surface area contributed by atoms with Gasteiger partial charge in [0.05, 0.1) is 12.4 Å². The molecule has 20 heavy (non-hydrogen) atoms. The quantitative estimate of drug-likeness (QED) is 0.827. The van der Waals surface area contributed by atoms with E-state index in [1.54, 1.807) is 4.90 Å². The molecule has 0 aliphatic rings. The van der Waals surface area contributed by atoms with Gasteiger partial charge in [0.1, 0.15) is 5.52 Å². The Bertz CT molecular complexity index is 550. The number of benzene rings is 1. The summed E-state index contributed by atoms with van der Waals surface area (Å²) in [5.74, 6) is 0.228. The summed E-state index contributed by atoms with van der Waals surface area (Å²) in [5, 5.41) is 9.48. The molecule has 2 rings (SSSR count). The fourth-order valence-corrected chi connectivity index (χ4v) is 2.62. The van der Waals surface area contributed by atoms with Crippen LogP contribution in [-0.4, -0.2) is 45.8 Å². The lowest BCUT2D eigenvalue weighted by molar-refractivity contribution is -0.130. The van der Waals surface area contributed by atoms with Crippen molar-refractivity contribution in [1.82, 2.24) is 9.88 Å². The highest BCUT2D eigenvalue weighted by atomic mass is 32.2. The van der Waals surface area contributed by atoms with Crippen LogP contribution in [0.5, 0.6) is 0 Å². The number of amides is 1. The highest BCUT2D eigenvalue weighted by Crippen LogP contribution is 2.23. The van der Waals surface area contributed by atoms with Gasteiger partial charge >= 0.3 is 0 Å². The number of rotatable bonds is 6. The van der Waals surface area contributed by atoms with Crippen LogP contribution >= 0.6 is 11.8 Å². The van der Waals surface area contributed by atoms with Crippen molar-refractivity contribution in [2.45, 2.75) is 25.1 Å². The minimum atomic E-state index is -0.0303. The van der Waals surface area contributed by atoms with Gasteiger partial charge < -0.3 is 14.4 Å². The Balaban J connectivity index is 1.98. The third-order valence-corrected chi connectivity index (χ3v) is 3.69. The number of carbonyl (C=O) groups excluding carboxylic acids is 1. The van der Waals surface area contributed by atoms with Crippen molar-refractivity contribution in [3.63, 3.8) is 0 Å². The standard InChI is InChI=1S/C14H18N2O3S/c1-10(2)16(7-8-17)13(18)9-20-14-15-11-5-3-4-6-12(11)19-14/h3-6,10,17H,7-9H2,1-2H3. The van der Waals surface area contributed by atoms with Crippen LogP contribution in [0.15, 0.2) is 33.9 Å². The number of aromatic nitrogens is 1. The molecule has 0 aliphatic heterocycles. The van der Waals surface area contributed by atoms with E-state index in [9.17, 15) is 4.79 Å². The molecule has 1 aromatic carbocycles. The second kappa shape index (κ2) is 6.76. The van der Waals surface area contributed by atoms with Gasteiger partial charge in [-0.1, -0.05) is 23.9 Å². The molecule has 1 heterocycles. The first-order chi connectivity index (χ1) is 9.61. The van der Waals surface area contributed by atoms with Gasteiger partial charge in [0.25, 0.3) is 5.22 Å². The van der Waals surface area contributed by atoms with E-state index in [1.165, 1.54) is 11.8 Å². The normalized spacial score (nSPS) is 11.2. The van der Waals surface area contributed by atoms with Gasteiger partial charge in [-0.05, 0) is 26.0 Å². The number of nitrogens with zero attached hydrogens (tertiary/aromatic N) is 2. The average Bonchev–Trinajstić information content (AvgIpc) is 2.84. The van der Waals surface area contributed by atoms with E-state index in [0.717, 1.165) is 11.1 Å². The largest absolute Gasteiger partial charge is 0.431 e. The maximum atomic E-state index is 12.1. The summed E-state index contributed by atoms with van der Waals surface area (Å²) in [6.45, 7) is 4.18. The molecule has 1 N–H and O–H groups in total. The smallest absolute Gasteiger partial charge is 0.257 e. The van der Waals surface area contributed by atoms with Crippen LogP contribution in [0, 0.1) is 0 Å². The van der Waals surface area contributed by atoms with Crippen LogP contribution in [0.2, 0.25) is 0 Å². The van der Waals surface area contributed by atoms with E-state index in [-0.39, 0.29) is 24.3 Å². The van der Waals surface area contributed by atoms with Crippen molar-refractivity contribution < 1.29 is 14.3 Å². The van der Waals surface area contributed by atoms with Crippen molar-refractivity contribution in [1.29, 1.82) is 0 Å². The van der Waals surface area contributed by atoms with Crippen LogP contribution < -0.4 is 0 Å². The van der Waals surface area contributed by atoms with E-state index in [1.807, 2.05) is 38.1 Å². The SMILES string of the molecule is CC(C)N(CCO)C(=O)CSc1nc2ccccc2o1. The third kappa shape index (κ3) is 3.52. The number of oxazole rings is 1. The Labute approximate surface area is 122 Å². The maximum absolute atomic E-state index is 12.1. The molecule has 0 bridgehead atoms. The Kier molecular flexibility index (Phi) is 5.03. The number of aliphatic hydroxyl groups excluding tert-OH is 1. The van der Waals surface area contributed by atoms with Crippen LogP contribution in [0.4, 0.5) is 0 Å². The van der Waals surface area contributed by atoms with Crippen LogP contribution in [0.3, 0.4) is 0 Å². The van der Waals surface area contributed by atoms with Gasteiger partial charge in [0.15, 0.2) is 5.58 Å². The number of hydrogen-bond donors (Lipinski definition) is 1. The molecule has 0 saturated heterocycles. The summed E-state index contributed by atoms with van der Waals surface area (Å²) >= 11 is 1.28. The predicted octanol–water partition coefficient (Wildman–Crippen LogP) is 2.15. The summed E-state index contributed by atoms with van der Waals surface area (Å²) in [6, 6.07) is 7.57. The molecule has 0 fully saturated rings. The Morgan fingerprint density at radius 3 is 2.85 bits per heavy atom. The molecular formula is C14H18N2O3S. The molecule has 1 aromatic heterocycles. The lowest BCUT2D eigenvalue weighted by Gasteiger charge is -2.25. The molecule has 6 heteroatoms. The zero-order valence-corrected chi connectivity index (χ0v) is 12.4. The van der Waals surface area contributed by atoms with Crippen molar-refractivity contribution in [2.24, 2.45) is 0 Å².